The van der Waals surface area contributed by atoms with E-state index in [0.717, 1.165) is 10.2 Å². The number of hydrogen-bond acceptors (Lipinski definition) is 4. The molecule has 0 aliphatic heterocycles. The molecule has 5 nitrogen and oxygen atoms in total. The fraction of sp³-hybridized carbons (Fsp3) is 0. The van der Waals surface area contributed by atoms with Gasteiger partial charge in [-0.3, -0.25) is 4.79 Å². The van der Waals surface area contributed by atoms with Crippen molar-refractivity contribution >= 4 is 50.6 Å². The van der Waals surface area contributed by atoms with E-state index in [4.69, 9.17) is 23.1 Å². The van der Waals surface area contributed by atoms with Gasteiger partial charge >= 0.3 is 0 Å². The van der Waals surface area contributed by atoms with E-state index in [1.165, 1.54) is 12.3 Å². The van der Waals surface area contributed by atoms with Crippen molar-refractivity contribution in [3.63, 3.8) is 0 Å². The van der Waals surface area contributed by atoms with Crippen molar-refractivity contribution in [1.29, 1.82) is 0 Å². The van der Waals surface area contributed by atoms with Gasteiger partial charge in [0.05, 0.1) is 22.5 Å². The van der Waals surface area contributed by atoms with Crippen LogP contribution >= 0.6 is 27.5 Å². The Labute approximate surface area is 123 Å². The fourth-order valence-electron chi connectivity index (χ4n) is 1.47. The summed E-state index contributed by atoms with van der Waals surface area (Å²) < 4.78 is 0.754. The number of nitrogen functional groups attached to an aromatic ring is 1. The summed E-state index contributed by atoms with van der Waals surface area (Å²) in [6.45, 7) is 0. The average Bonchev–Trinajstić information content (AvgIpc) is 2.36. The predicted molar refractivity (Wildman–Crippen MR) is 79.6 cm³/mol. The first kappa shape index (κ1) is 13.6. The second kappa shape index (κ2) is 5.46. The number of rotatable bonds is 3. The first-order valence-electron chi connectivity index (χ1n) is 5.25. The van der Waals surface area contributed by atoms with Gasteiger partial charge in [0.25, 0.3) is 5.91 Å². The Morgan fingerprint density at radius 1 is 1.37 bits per heavy atom. The summed E-state index contributed by atoms with van der Waals surface area (Å²) in [6.07, 6.45) is 1.38. The number of pyridine rings is 1. The topological polar surface area (TPSA) is 94.0 Å². The van der Waals surface area contributed by atoms with Crippen molar-refractivity contribution in [2.45, 2.75) is 0 Å². The quantitative estimate of drug-likeness (QED) is 0.800. The molecule has 1 heterocycles. The molecule has 0 aliphatic carbocycles. The van der Waals surface area contributed by atoms with Crippen LogP contribution < -0.4 is 16.8 Å². The maximum absolute atomic E-state index is 11.2. The smallest absolute Gasteiger partial charge is 0.250 e. The second-order valence-electron chi connectivity index (χ2n) is 3.77. The number of nitrogens with zero attached hydrogens (tertiary/aromatic N) is 1. The number of hydrogen-bond donors (Lipinski definition) is 3. The molecule has 5 N–H and O–H groups in total. The van der Waals surface area contributed by atoms with E-state index in [2.05, 4.69) is 26.2 Å². The highest BCUT2D eigenvalue weighted by molar-refractivity contribution is 9.10. The number of anilines is 3. The molecule has 0 unspecified atom stereocenters. The Morgan fingerprint density at radius 2 is 2.11 bits per heavy atom. The third kappa shape index (κ3) is 3.15. The van der Waals surface area contributed by atoms with Crippen LogP contribution in [-0.2, 0) is 0 Å². The number of primary amides is 1. The van der Waals surface area contributed by atoms with Gasteiger partial charge in [-0.2, -0.15) is 0 Å². The number of aromatic nitrogens is 1. The highest BCUT2D eigenvalue weighted by Crippen LogP contribution is 2.27. The minimum absolute atomic E-state index is 0.227. The molecule has 0 bridgehead atoms. The summed E-state index contributed by atoms with van der Waals surface area (Å²) in [5.41, 5.74) is 12.1. The standard InChI is InChI=1S/C12H10BrClN4O/c13-8-3-6(1-2-9(8)14)18-11-4-7(12(16)19)10(15)5-17-11/h1-5H,15H2,(H2,16,19)(H,17,18). The van der Waals surface area contributed by atoms with Crippen molar-refractivity contribution in [2.75, 3.05) is 11.1 Å². The molecule has 0 fully saturated rings. The SMILES string of the molecule is NC(=O)c1cc(Nc2ccc(Cl)c(Br)c2)ncc1N. The Hall–Kier alpha value is -1.79. The Morgan fingerprint density at radius 3 is 2.74 bits per heavy atom. The second-order valence-corrected chi connectivity index (χ2v) is 5.04. The lowest BCUT2D eigenvalue weighted by atomic mass is 10.2. The third-order valence-corrected chi connectivity index (χ3v) is 3.61. The number of amides is 1. The van der Waals surface area contributed by atoms with Crippen molar-refractivity contribution in [1.82, 2.24) is 4.98 Å². The zero-order valence-corrected chi connectivity index (χ0v) is 12.0. The average molecular weight is 342 g/mol. The molecule has 19 heavy (non-hydrogen) atoms. The minimum atomic E-state index is -0.597. The molecule has 7 heteroatoms. The fourth-order valence-corrected chi connectivity index (χ4v) is 1.97. The van der Waals surface area contributed by atoms with Crippen LogP contribution in [-0.4, -0.2) is 10.9 Å². The van der Waals surface area contributed by atoms with Gasteiger partial charge in [0.1, 0.15) is 5.82 Å². The van der Waals surface area contributed by atoms with E-state index in [9.17, 15) is 4.79 Å². The molecule has 0 atom stereocenters. The van der Waals surface area contributed by atoms with Gasteiger partial charge in [-0.05, 0) is 40.2 Å². The zero-order valence-electron chi connectivity index (χ0n) is 9.65. The van der Waals surface area contributed by atoms with Crippen molar-refractivity contribution < 1.29 is 4.79 Å². The molecule has 1 amide bonds. The monoisotopic (exact) mass is 340 g/mol. The predicted octanol–water partition coefficient (Wildman–Crippen LogP) is 2.92. The highest BCUT2D eigenvalue weighted by atomic mass is 79.9. The Kier molecular flexibility index (Phi) is 3.92. The molecule has 0 spiro atoms. The van der Waals surface area contributed by atoms with Gasteiger partial charge in [0.15, 0.2) is 0 Å². The van der Waals surface area contributed by atoms with Crippen molar-refractivity contribution in [3.05, 3.63) is 45.5 Å². The van der Waals surface area contributed by atoms with Gasteiger partial charge in [-0.1, -0.05) is 11.6 Å². The maximum Gasteiger partial charge on any atom is 0.250 e. The summed E-state index contributed by atoms with van der Waals surface area (Å²) in [4.78, 5) is 15.3. The molecular formula is C12H10BrClN4O. The van der Waals surface area contributed by atoms with Crippen LogP contribution in [0.2, 0.25) is 5.02 Å². The van der Waals surface area contributed by atoms with E-state index < -0.39 is 5.91 Å². The van der Waals surface area contributed by atoms with Gasteiger partial charge in [0.2, 0.25) is 0 Å². The summed E-state index contributed by atoms with van der Waals surface area (Å²) in [5, 5.41) is 3.64. The van der Waals surface area contributed by atoms with E-state index in [-0.39, 0.29) is 11.3 Å². The number of carbonyl (C=O) groups excluding carboxylic acids is 1. The molecule has 0 radical (unpaired) electrons. The number of benzene rings is 1. The van der Waals surface area contributed by atoms with Crippen LogP contribution in [0.25, 0.3) is 0 Å². The lowest BCUT2D eigenvalue weighted by Crippen LogP contribution is -2.14. The first-order chi connectivity index (χ1) is 8.97. The molecule has 1 aromatic heterocycles. The third-order valence-electron chi connectivity index (χ3n) is 2.39. The lowest BCUT2D eigenvalue weighted by molar-refractivity contribution is 0.100. The lowest BCUT2D eigenvalue weighted by Gasteiger charge is -2.09. The summed E-state index contributed by atoms with van der Waals surface area (Å²) in [6, 6.07) is 6.82. The van der Waals surface area contributed by atoms with Gasteiger partial charge < -0.3 is 16.8 Å². The Balaban J connectivity index is 2.30. The van der Waals surface area contributed by atoms with Crippen LogP contribution in [0.5, 0.6) is 0 Å². The number of carbonyl (C=O) groups is 1. The van der Waals surface area contributed by atoms with Gasteiger partial charge in [-0.15, -0.1) is 0 Å². The van der Waals surface area contributed by atoms with Gasteiger partial charge in [-0.25, -0.2) is 4.98 Å². The van der Waals surface area contributed by atoms with E-state index in [0.29, 0.717) is 10.8 Å². The molecular weight excluding hydrogens is 332 g/mol. The molecule has 0 saturated carbocycles. The van der Waals surface area contributed by atoms with Crippen LogP contribution in [0.15, 0.2) is 34.9 Å². The van der Waals surface area contributed by atoms with E-state index in [1.54, 1.807) is 18.2 Å². The summed E-state index contributed by atoms with van der Waals surface area (Å²) >= 11 is 9.23. The van der Waals surface area contributed by atoms with Crippen molar-refractivity contribution in [3.8, 4) is 0 Å². The molecule has 1 aromatic carbocycles. The molecule has 0 aliphatic rings. The molecule has 98 valence electrons. The molecule has 2 rings (SSSR count). The largest absolute Gasteiger partial charge is 0.397 e. The highest BCUT2D eigenvalue weighted by Gasteiger charge is 2.08. The first-order valence-corrected chi connectivity index (χ1v) is 6.42. The number of nitrogens with one attached hydrogen (secondary N) is 1. The van der Waals surface area contributed by atoms with E-state index >= 15 is 0 Å². The Bertz CT molecular complexity index is 648. The van der Waals surface area contributed by atoms with Crippen LogP contribution in [0, 0.1) is 0 Å². The summed E-state index contributed by atoms with van der Waals surface area (Å²) in [7, 11) is 0. The maximum atomic E-state index is 11.2. The molecule has 2 aromatic rings. The number of halogens is 2. The minimum Gasteiger partial charge on any atom is -0.397 e. The van der Waals surface area contributed by atoms with Crippen LogP contribution in [0.1, 0.15) is 10.4 Å². The summed E-state index contributed by atoms with van der Waals surface area (Å²) in [5.74, 6) is -0.127. The number of nitrogens with two attached hydrogens (primary N) is 2. The van der Waals surface area contributed by atoms with Crippen molar-refractivity contribution in [2.24, 2.45) is 5.73 Å². The van der Waals surface area contributed by atoms with Gasteiger partial charge in [0, 0.05) is 10.2 Å². The normalized spacial score (nSPS) is 10.2. The zero-order chi connectivity index (χ0) is 14.0. The van der Waals surface area contributed by atoms with E-state index in [1.807, 2.05) is 0 Å². The van der Waals surface area contributed by atoms with Crippen LogP contribution in [0.3, 0.4) is 0 Å². The van der Waals surface area contributed by atoms with Crippen LogP contribution in [0.4, 0.5) is 17.2 Å². The molecule has 0 saturated heterocycles.